The van der Waals surface area contributed by atoms with Gasteiger partial charge in [-0.15, -0.1) is 0 Å². The molecule has 11 unspecified atom stereocenters. The molecule has 0 radical (unpaired) electrons. The lowest BCUT2D eigenvalue weighted by molar-refractivity contribution is -0.257. The van der Waals surface area contributed by atoms with Crippen LogP contribution >= 0.6 is 0 Å². The zero-order valence-corrected chi connectivity index (χ0v) is 20.5. The van der Waals surface area contributed by atoms with Gasteiger partial charge in [0.05, 0.1) is 19.3 Å². The van der Waals surface area contributed by atoms with Gasteiger partial charge in [0.2, 0.25) is 0 Å². The molecule has 2 spiro atoms. The molecule has 2 aliphatic heterocycles. The lowest BCUT2D eigenvalue weighted by Gasteiger charge is -2.60. The Morgan fingerprint density at radius 3 is 2.48 bits per heavy atom. The Bertz CT molecular complexity index is 713. The summed E-state index contributed by atoms with van der Waals surface area (Å²) >= 11 is 0. The maximum absolute atomic E-state index is 10.3. The molecule has 176 valence electrons. The molecule has 1 N–H and O–H groups in total. The minimum Gasteiger partial charge on any atom is -0.393 e. The summed E-state index contributed by atoms with van der Waals surface area (Å²) in [5, 5.41) is 10.3. The zero-order chi connectivity index (χ0) is 21.6. The fraction of sp³-hybridized carbons (Fsp3) is 1.00. The lowest BCUT2D eigenvalue weighted by atomic mass is 9.45. The third-order valence-electron chi connectivity index (χ3n) is 12.3. The first-order valence-electron chi connectivity index (χ1n) is 13.7. The Kier molecular flexibility index (Phi) is 4.80. The van der Waals surface area contributed by atoms with E-state index in [4.69, 9.17) is 9.47 Å². The second kappa shape index (κ2) is 6.95. The van der Waals surface area contributed by atoms with Crippen LogP contribution in [0.2, 0.25) is 0 Å². The quantitative estimate of drug-likeness (QED) is 0.498. The maximum atomic E-state index is 10.3. The number of hydrogen-bond donors (Lipinski definition) is 1. The maximum Gasteiger partial charge on any atom is 0.171 e. The second-order valence-corrected chi connectivity index (χ2v) is 13.8. The molecule has 6 fully saturated rings. The van der Waals surface area contributed by atoms with E-state index in [1.54, 1.807) is 0 Å². The lowest BCUT2D eigenvalue weighted by Crippen LogP contribution is -2.53. The van der Waals surface area contributed by atoms with Crippen molar-refractivity contribution in [2.45, 2.75) is 110 Å². The molecule has 2 heterocycles. The summed E-state index contributed by atoms with van der Waals surface area (Å²) in [6.07, 6.45) is 14.0. The van der Waals surface area contributed by atoms with Gasteiger partial charge in [-0.2, -0.15) is 0 Å². The Morgan fingerprint density at radius 1 is 0.871 bits per heavy atom. The molecule has 4 aliphatic carbocycles. The molecule has 2 saturated heterocycles. The molecule has 11 atom stereocenters. The Labute approximate surface area is 190 Å². The number of aliphatic hydroxyl groups is 1. The SMILES string of the molecule is CC1CCC2(OC1)OCC1(CC3C4CCC5CC(O)CCC5(C)C4CCC3(C)C1)C2C. The fourth-order valence-electron chi connectivity index (χ4n) is 10.3. The summed E-state index contributed by atoms with van der Waals surface area (Å²) in [7, 11) is 0. The van der Waals surface area contributed by atoms with Gasteiger partial charge in [0.15, 0.2) is 5.79 Å². The van der Waals surface area contributed by atoms with Crippen molar-refractivity contribution in [1.29, 1.82) is 0 Å². The zero-order valence-electron chi connectivity index (χ0n) is 20.5. The van der Waals surface area contributed by atoms with Crippen molar-refractivity contribution in [1.82, 2.24) is 0 Å². The van der Waals surface area contributed by atoms with Crippen molar-refractivity contribution < 1.29 is 14.6 Å². The van der Waals surface area contributed by atoms with Gasteiger partial charge in [0.1, 0.15) is 0 Å². The minimum absolute atomic E-state index is 0.0379. The summed E-state index contributed by atoms with van der Waals surface area (Å²) in [5.41, 5.74) is 1.29. The van der Waals surface area contributed by atoms with Crippen molar-refractivity contribution in [3.63, 3.8) is 0 Å². The average molecular weight is 431 g/mol. The first-order chi connectivity index (χ1) is 14.7. The first-order valence-corrected chi connectivity index (χ1v) is 13.7. The van der Waals surface area contributed by atoms with Crippen molar-refractivity contribution in [3.05, 3.63) is 0 Å². The Morgan fingerprint density at radius 2 is 1.71 bits per heavy atom. The molecule has 3 heteroatoms. The molecule has 3 nitrogen and oxygen atoms in total. The molecule has 4 saturated carbocycles. The van der Waals surface area contributed by atoms with E-state index < -0.39 is 0 Å². The van der Waals surface area contributed by atoms with Gasteiger partial charge in [-0.3, -0.25) is 0 Å². The van der Waals surface area contributed by atoms with Crippen molar-refractivity contribution >= 4 is 0 Å². The molecule has 0 bridgehead atoms. The van der Waals surface area contributed by atoms with Crippen molar-refractivity contribution in [2.24, 2.45) is 51.8 Å². The third-order valence-corrected chi connectivity index (χ3v) is 12.3. The average Bonchev–Trinajstić information content (AvgIpc) is 3.19. The van der Waals surface area contributed by atoms with Crippen LogP contribution in [0.1, 0.15) is 98.3 Å². The van der Waals surface area contributed by atoms with E-state index in [-0.39, 0.29) is 11.9 Å². The summed E-state index contributed by atoms with van der Waals surface area (Å²) in [6, 6.07) is 0. The molecule has 31 heavy (non-hydrogen) atoms. The Balaban J connectivity index is 1.26. The highest BCUT2D eigenvalue weighted by molar-refractivity contribution is 5.14. The van der Waals surface area contributed by atoms with Crippen molar-refractivity contribution in [3.8, 4) is 0 Å². The molecule has 0 aromatic heterocycles. The van der Waals surface area contributed by atoms with Crippen LogP contribution in [0.3, 0.4) is 0 Å². The third kappa shape index (κ3) is 2.94. The smallest absolute Gasteiger partial charge is 0.171 e. The van der Waals surface area contributed by atoms with Gasteiger partial charge < -0.3 is 14.6 Å². The predicted octanol–water partition coefficient (Wildman–Crippen LogP) is 6.19. The van der Waals surface area contributed by atoms with Gasteiger partial charge in [-0.05, 0) is 105 Å². The van der Waals surface area contributed by atoms with Crippen LogP contribution in [0.5, 0.6) is 0 Å². The fourth-order valence-corrected chi connectivity index (χ4v) is 10.3. The highest BCUT2D eigenvalue weighted by Crippen LogP contribution is 2.72. The van der Waals surface area contributed by atoms with Crippen LogP contribution in [0.25, 0.3) is 0 Å². The number of ether oxygens (including phenoxy) is 2. The summed E-state index contributed by atoms with van der Waals surface area (Å²) in [4.78, 5) is 0. The number of fused-ring (bicyclic) bond motifs is 5. The first kappa shape index (κ1) is 21.4. The monoisotopic (exact) mass is 430 g/mol. The van der Waals surface area contributed by atoms with E-state index in [0.717, 1.165) is 56.1 Å². The van der Waals surface area contributed by atoms with E-state index in [1.807, 2.05) is 0 Å². The van der Waals surface area contributed by atoms with Gasteiger partial charge in [-0.25, -0.2) is 0 Å². The molecular formula is C28H46O3. The molecule has 0 aromatic carbocycles. The van der Waals surface area contributed by atoms with Crippen LogP contribution in [-0.4, -0.2) is 30.2 Å². The van der Waals surface area contributed by atoms with Crippen LogP contribution in [-0.2, 0) is 9.47 Å². The minimum atomic E-state index is -0.293. The Hall–Kier alpha value is -0.120. The van der Waals surface area contributed by atoms with E-state index in [0.29, 0.717) is 28.1 Å². The molecule has 6 aliphatic rings. The van der Waals surface area contributed by atoms with Gasteiger partial charge in [0, 0.05) is 17.8 Å². The summed E-state index contributed by atoms with van der Waals surface area (Å²) < 4.78 is 13.1. The van der Waals surface area contributed by atoms with Crippen LogP contribution in [0.15, 0.2) is 0 Å². The molecule has 0 amide bonds. The van der Waals surface area contributed by atoms with Crippen LogP contribution in [0, 0.1) is 51.8 Å². The number of hydrogen-bond acceptors (Lipinski definition) is 3. The van der Waals surface area contributed by atoms with Gasteiger partial charge in [-0.1, -0.05) is 27.7 Å². The van der Waals surface area contributed by atoms with E-state index >= 15 is 0 Å². The van der Waals surface area contributed by atoms with E-state index in [9.17, 15) is 5.11 Å². The number of rotatable bonds is 0. The highest BCUT2D eigenvalue weighted by atomic mass is 16.7. The predicted molar refractivity (Wildman–Crippen MR) is 122 cm³/mol. The second-order valence-electron chi connectivity index (χ2n) is 13.8. The molecule has 6 rings (SSSR count). The van der Waals surface area contributed by atoms with Gasteiger partial charge >= 0.3 is 0 Å². The van der Waals surface area contributed by atoms with Crippen LogP contribution in [0.4, 0.5) is 0 Å². The normalized spacial score (nSPS) is 61.3. The van der Waals surface area contributed by atoms with Gasteiger partial charge in [0.25, 0.3) is 0 Å². The largest absolute Gasteiger partial charge is 0.393 e. The summed E-state index contributed by atoms with van der Waals surface area (Å²) in [5.74, 6) is 4.29. The van der Waals surface area contributed by atoms with E-state index in [2.05, 4.69) is 27.7 Å². The van der Waals surface area contributed by atoms with Crippen LogP contribution < -0.4 is 0 Å². The van der Waals surface area contributed by atoms with E-state index in [1.165, 1.54) is 51.4 Å². The molecular weight excluding hydrogens is 384 g/mol. The van der Waals surface area contributed by atoms with Crippen molar-refractivity contribution in [2.75, 3.05) is 13.2 Å². The number of aliphatic hydroxyl groups excluding tert-OH is 1. The topological polar surface area (TPSA) is 38.7 Å². The summed E-state index contributed by atoms with van der Waals surface area (Å²) in [6.45, 7) is 11.8. The molecule has 0 aromatic rings. The highest BCUT2D eigenvalue weighted by Gasteiger charge is 2.67. The standard InChI is InChI=1S/C28H46O3/c1-18-7-12-28(30-15-18)19(2)27(17-31-28)14-24-22-6-5-20-13-21(29)8-11-26(20,4)23(22)9-10-25(24,3)16-27/h18-24,29H,5-17H2,1-4H3.